The van der Waals surface area contributed by atoms with Crippen LogP contribution in [-0.4, -0.2) is 125 Å². The molecule has 6 aromatic heterocycles. The smallest absolute Gasteiger partial charge is 0.357 e. The number of aromatic nitrogens is 2. The van der Waals surface area contributed by atoms with Crippen molar-refractivity contribution in [1.82, 2.24) is 9.97 Å². The van der Waals surface area contributed by atoms with Crippen molar-refractivity contribution in [1.29, 1.82) is 0 Å². The van der Waals surface area contributed by atoms with E-state index in [1.54, 1.807) is 36.4 Å². The zero-order chi connectivity index (χ0) is 54.8. The van der Waals surface area contributed by atoms with Crippen molar-refractivity contribution in [2.75, 3.05) is 39.1 Å². The van der Waals surface area contributed by atoms with Gasteiger partial charge in [-0.2, -0.15) is 0 Å². The van der Waals surface area contributed by atoms with Crippen LogP contribution in [0.3, 0.4) is 0 Å². The molecule has 0 aliphatic heterocycles. The van der Waals surface area contributed by atoms with Gasteiger partial charge in [-0.25, -0.2) is 33.9 Å². The molecule has 27 heteroatoms. The molecule has 0 radical (unpaired) electrons. The monoisotopic (exact) mass is 1230 g/mol. The quantitative estimate of drug-likeness (QED) is 0.0459. The lowest BCUT2D eigenvalue weighted by Gasteiger charge is -1.92. The molecule has 0 atom stereocenters. The third kappa shape index (κ3) is 21.8. The molecule has 0 saturated carbocycles. The molecule has 0 aliphatic carbocycles. The minimum absolute atomic E-state index is 0.0162. The van der Waals surface area contributed by atoms with Crippen molar-refractivity contribution in [2.24, 2.45) is 0 Å². The van der Waals surface area contributed by atoms with E-state index < -0.39 is 29.8 Å². The number of carbonyl (C=O) groups is 12. The molecule has 0 fully saturated rings. The molecule has 0 aliphatic rings. The van der Waals surface area contributed by atoms with Crippen LogP contribution in [0, 0.1) is 0 Å². The molecule has 1 N–H and O–H groups in total. The summed E-state index contributed by atoms with van der Waals surface area (Å²) in [5.41, 5.74) is 0.546. The number of methoxy groups -OCH3 is 4. The number of carbonyl (C=O) groups excluding carboxylic acids is 11. The number of rotatable bonds is 14. The Bertz CT molecular complexity index is 2590. The number of Topliss-reactive ketones (excluding diaryl/α,β-unsaturated/α-hetero) is 7. The molecule has 72 heavy (non-hydrogen) atoms. The van der Waals surface area contributed by atoms with Gasteiger partial charge in [0.25, 0.3) is 0 Å². The van der Waals surface area contributed by atoms with Crippen molar-refractivity contribution in [2.45, 2.75) is 34.6 Å². The number of carboxylic acid groups (broad SMARTS) is 1. The fourth-order valence-electron chi connectivity index (χ4n) is 4.14. The molecule has 0 aromatic carbocycles. The van der Waals surface area contributed by atoms with Gasteiger partial charge in [0, 0.05) is 23.1 Å². The lowest BCUT2D eigenvalue weighted by Crippen LogP contribution is -2.04. The fraction of sp³-hybridized carbons (Fsp3) is 0.244. The van der Waals surface area contributed by atoms with Gasteiger partial charge in [0.05, 0.1) is 69.0 Å². The van der Waals surface area contributed by atoms with E-state index in [2.05, 4.69) is 60.8 Å². The first-order valence-electron chi connectivity index (χ1n) is 19.5. The second-order valence-corrected chi connectivity index (χ2v) is 19.9. The van der Waals surface area contributed by atoms with E-state index in [-0.39, 0.29) is 68.1 Å². The fourth-order valence-corrected chi connectivity index (χ4v) is 9.76. The molecule has 0 unspecified atom stereocenters. The number of carboxylic acids is 1. The number of thiazole rings is 2. The van der Waals surface area contributed by atoms with E-state index in [9.17, 15) is 57.5 Å². The number of ketones is 7. The Morgan fingerprint density at radius 3 is 1.10 bits per heavy atom. The zero-order valence-corrected chi connectivity index (χ0v) is 47.3. The maximum atomic E-state index is 11.1. The summed E-state index contributed by atoms with van der Waals surface area (Å²) in [5, 5.41) is 14.1. The summed E-state index contributed by atoms with van der Waals surface area (Å²) < 4.78 is 17.9. The van der Waals surface area contributed by atoms with Crippen molar-refractivity contribution < 1.29 is 81.6 Å². The lowest BCUT2D eigenvalue weighted by atomic mass is 10.3. The molecule has 19 nitrogen and oxygen atoms in total. The van der Waals surface area contributed by atoms with Crippen LogP contribution in [0.2, 0.25) is 0 Å². The largest absolute Gasteiger partial charge is 0.478 e. The molecule has 0 amide bonds. The molecule has 6 aromatic rings. The van der Waals surface area contributed by atoms with Gasteiger partial charge in [0.2, 0.25) is 5.78 Å². The minimum atomic E-state index is -0.992. The molecule has 384 valence electrons. The normalized spacial score (nSPS) is 9.60. The van der Waals surface area contributed by atoms with E-state index in [4.69, 9.17) is 5.11 Å². The predicted octanol–water partition coefficient (Wildman–Crippen LogP) is 10.3. The van der Waals surface area contributed by atoms with Crippen molar-refractivity contribution >= 4 is 170 Å². The first-order chi connectivity index (χ1) is 33.9. The first-order valence-corrected chi connectivity index (χ1v) is 26.8. The molecule has 6 rings (SSSR count). The SMILES string of the molecule is CC(=O)c1cc(C(=O)O)cs1.CC(=O)c1ccc(C(C)=O)s1.COC(=O)c1ccc(C(=O)CBr)s1.COC(=O)c1ccc(C(C)=O)s1.COC(=O)c1csc(C(=O)CBr)n1.COC(=O)c1csc(C(C)=O)n1. The Morgan fingerprint density at radius 2 is 0.792 bits per heavy atom. The van der Waals surface area contributed by atoms with Gasteiger partial charge in [-0.3, -0.25) is 33.6 Å². The van der Waals surface area contributed by atoms with Crippen LogP contribution in [0.25, 0.3) is 0 Å². The standard InChI is InChI=1S/C8H7BrO3S.C8H8O3S.C8H8O2S.C7H6BrNO3S.C7H7NO3S.C7H6O3S/c1-12-8(11)7-3-2-6(13-7)5(10)4-9;1-5(9)6-3-4-7(12-6)8(10)11-2;1-5(9)7-3-4-8(11-7)6(2)10;1-12-7(11)4-3-13-6(9-4)5(10)2-8;1-4(9)6-8-5(3-12-6)7(10)11-2;1-4(8)6-2-5(3-11-6)7(9)10/h2-3H,4H2,1H3;3-4H,1-2H3;3-4H,1-2H3;3H,2H2,1H3;3H,1-2H3;2-3H,1H3,(H,9,10). The molecule has 0 saturated heterocycles. The maximum Gasteiger partial charge on any atom is 0.357 e. The predicted molar refractivity (Wildman–Crippen MR) is 280 cm³/mol. The molecular weight excluding hydrogens is 1190 g/mol. The number of hydrogen-bond donors (Lipinski definition) is 1. The number of hydrogen-bond acceptors (Lipinski definition) is 24. The van der Waals surface area contributed by atoms with Crippen LogP contribution in [-0.2, 0) is 18.9 Å². The van der Waals surface area contributed by atoms with E-state index in [1.807, 2.05) is 0 Å². The molecule has 0 bridgehead atoms. The van der Waals surface area contributed by atoms with Gasteiger partial charge in [0.1, 0.15) is 9.75 Å². The van der Waals surface area contributed by atoms with Gasteiger partial charge in [-0.15, -0.1) is 68.0 Å². The van der Waals surface area contributed by atoms with Crippen LogP contribution in [0.15, 0.2) is 58.6 Å². The zero-order valence-electron chi connectivity index (χ0n) is 39.3. The highest BCUT2D eigenvalue weighted by Crippen LogP contribution is 2.20. The minimum Gasteiger partial charge on any atom is -0.478 e. The van der Waals surface area contributed by atoms with Crippen molar-refractivity contribution in [3.05, 3.63) is 120 Å². The highest BCUT2D eigenvalue weighted by atomic mass is 79.9. The summed E-state index contributed by atoms with van der Waals surface area (Å²) in [6.45, 7) is 7.27. The topological polar surface area (TPSA) is 288 Å². The lowest BCUT2D eigenvalue weighted by molar-refractivity contribution is 0.0586. The van der Waals surface area contributed by atoms with Gasteiger partial charge < -0.3 is 24.1 Å². The summed E-state index contributed by atoms with van der Waals surface area (Å²) in [4.78, 5) is 142. The van der Waals surface area contributed by atoms with Crippen LogP contribution < -0.4 is 0 Å². The molecule has 6 heterocycles. The van der Waals surface area contributed by atoms with Gasteiger partial charge in [0.15, 0.2) is 56.1 Å². The second-order valence-electron chi connectivity index (χ2n) is 12.9. The highest BCUT2D eigenvalue weighted by Gasteiger charge is 2.16. The average molecular weight is 1240 g/mol. The molecule has 0 spiro atoms. The van der Waals surface area contributed by atoms with Gasteiger partial charge in [-0.05, 0) is 70.2 Å². The number of thiophene rings is 4. The summed E-state index contributed by atoms with van der Waals surface area (Å²) in [7, 11) is 5.17. The van der Waals surface area contributed by atoms with E-state index in [1.165, 1.54) is 96.6 Å². The number of esters is 4. The second kappa shape index (κ2) is 32.9. The Labute approximate surface area is 451 Å². The van der Waals surface area contributed by atoms with E-state index in [0.29, 0.717) is 44.2 Å². The summed E-state index contributed by atoms with van der Waals surface area (Å²) in [6, 6.07) is 11.2. The van der Waals surface area contributed by atoms with Gasteiger partial charge >= 0.3 is 29.8 Å². The number of halogens is 2. The Hall–Kier alpha value is -5.94. The Balaban J connectivity index is 0.000000432. The summed E-state index contributed by atoms with van der Waals surface area (Å²) in [5.74, 6) is -3.23. The van der Waals surface area contributed by atoms with Crippen LogP contribution in [0.4, 0.5) is 0 Å². The number of ether oxygens (including phenoxy) is 4. The van der Waals surface area contributed by atoms with E-state index in [0.717, 1.165) is 56.7 Å². The number of aromatic carboxylic acids is 1. The van der Waals surface area contributed by atoms with E-state index >= 15 is 0 Å². The summed E-state index contributed by atoms with van der Waals surface area (Å²) >= 11 is 13.0. The molecular formula is C45H42Br2N2O17S6. The van der Waals surface area contributed by atoms with Crippen LogP contribution >= 0.6 is 99.9 Å². The number of nitrogens with zero attached hydrogens (tertiary/aromatic N) is 2. The third-order valence-corrected chi connectivity index (χ3v) is 15.1. The van der Waals surface area contributed by atoms with Crippen molar-refractivity contribution in [3.63, 3.8) is 0 Å². The van der Waals surface area contributed by atoms with Crippen molar-refractivity contribution in [3.8, 4) is 0 Å². The maximum absolute atomic E-state index is 11.1. The Kier molecular flexibility index (Phi) is 29.3. The third-order valence-electron chi connectivity index (χ3n) is 7.68. The van der Waals surface area contributed by atoms with Gasteiger partial charge in [-0.1, -0.05) is 31.9 Å². The van der Waals surface area contributed by atoms with Crippen LogP contribution in [0.1, 0.15) is 153 Å². The first kappa shape index (κ1) is 64.1. The summed E-state index contributed by atoms with van der Waals surface area (Å²) in [6.07, 6.45) is 0. The Morgan fingerprint density at radius 1 is 0.444 bits per heavy atom. The van der Waals surface area contributed by atoms with Crippen LogP contribution in [0.5, 0.6) is 0 Å². The highest BCUT2D eigenvalue weighted by molar-refractivity contribution is 9.09. The average Bonchev–Trinajstić information content (AvgIpc) is 4.22. The number of alkyl halides is 2.